The first kappa shape index (κ1) is 21.8. The summed E-state index contributed by atoms with van der Waals surface area (Å²) in [5, 5.41) is 20.7. The van der Waals surface area contributed by atoms with Crippen LogP contribution in [0.4, 0.5) is 5.69 Å². The number of aromatic nitrogens is 5. The zero-order valence-corrected chi connectivity index (χ0v) is 19.8. The van der Waals surface area contributed by atoms with Crippen LogP contribution in [0.3, 0.4) is 0 Å². The molecule has 0 aliphatic carbocycles. The molecule has 9 nitrogen and oxygen atoms in total. The Labute approximate surface area is 201 Å². The van der Waals surface area contributed by atoms with Crippen molar-refractivity contribution < 1.29 is 0 Å². The highest BCUT2D eigenvalue weighted by Crippen LogP contribution is 2.11. The number of hydrogen-bond acceptors (Lipinski definition) is 7. The lowest BCUT2D eigenvalue weighted by Gasteiger charge is -2.16. The molecule has 3 heterocycles. The van der Waals surface area contributed by atoms with E-state index in [1.165, 1.54) is 6.33 Å². The molecule has 2 aromatic heterocycles. The third-order valence-electron chi connectivity index (χ3n) is 5.73. The monoisotopic (exact) mass is 471 g/mol. The van der Waals surface area contributed by atoms with Gasteiger partial charge in [-0.15, -0.1) is 0 Å². The van der Waals surface area contributed by atoms with Crippen LogP contribution in [0.2, 0.25) is 0 Å². The topological polar surface area (TPSA) is 101 Å². The summed E-state index contributed by atoms with van der Waals surface area (Å²) in [4.78, 5) is 8.65. The molecule has 3 N–H and O–H groups in total. The van der Waals surface area contributed by atoms with Crippen molar-refractivity contribution in [2.24, 2.45) is 12.0 Å². The Morgan fingerprint density at radius 3 is 2.62 bits per heavy atom. The molecule has 1 unspecified atom stereocenters. The van der Waals surface area contributed by atoms with E-state index in [0.717, 1.165) is 22.6 Å². The predicted molar refractivity (Wildman–Crippen MR) is 132 cm³/mol. The van der Waals surface area contributed by atoms with Crippen LogP contribution < -0.4 is 27.0 Å². The number of hydrogen-bond donors (Lipinski definition) is 3. The lowest BCUT2D eigenvalue weighted by atomic mass is 10.2. The standard InChI is InChI=1S/C24H25N9S/c1-16-13-32-21(25)20(23(34)31(2)24(32)29-16)22(30-18-6-4-3-5-7-18)27-12-17-8-10-19(11-9-17)33-15-26-14-28-33/h3-11,14-16,25,27,30H,12-13H2,1-2H3. The van der Waals surface area contributed by atoms with E-state index in [1.807, 2.05) is 77.7 Å². The normalized spacial score (nSPS) is 15.4. The van der Waals surface area contributed by atoms with Gasteiger partial charge in [0.2, 0.25) is 5.62 Å². The van der Waals surface area contributed by atoms with Crippen molar-refractivity contribution >= 4 is 23.7 Å². The maximum absolute atomic E-state index is 8.95. The first-order chi connectivity index (χ1) is 16.5. The van der Waals surface area contributed by atoms with Gasteiger partial charge in [-0.1, -0.05) is 42.5 Å². The van der Waals surface area contributed by atoms with Crippen molar-refractivity contribution in [3.05, 3.63) is 93.8 Å². The number of para-hydroxylation sites is 1. The van der Waals surface area contributed by atoms with Gasteiger partial charge in [-0.25, -0.2) is 14.7 Å². The van der Waals surface area contributed by atoms with Crippen LogP contribution >= 0.6 is 12.2 Å². The van der Waals surface area contributed by atoms with Crippen LogP contribution in [0.25, 0.3) is 11.5 Å². The number of nitrogens with zero attached hydrogens (tertiary/aromatic N) is 6. The summed E-state index contributed by atoms with van der Waals surface area (Å²) in [6.07, 6.45) is 3.18. The van der Waals surface area contributed by atoms with Gasteiger partial charge in [0, 0.05) is 25.8 Å². The number of fused-ring (bicyclic) bond motifs is 1. The molecule has 0 saturated carbocycles. The van der Waals surface area contributed by atoms with Gasteiger partial charge in [-0.05, 0) is 36.8 Å². The van der Waals surface area contributed by atoms with E-state index in [2.05, 4.69) is 25.7 Å². The van der Waals surface area contributed by atoms with Gasteiger partial charge in [-0.2, -0.15) is 5.10 Å². The minimum atomic E-state index is 0.113. The molecule has 1 atom stereocenters. The zero-order valence-electron chi connectivity index (χ0n) is 18.9. The minimum Gasteiger partial charge on any atom is -0.367 e. The van der Waals surface area contributed by atoms with Crippen molar-refractivity contribution in [1.82, 2.24) is 29.2 Å². The average molecular weight is 472 g/mol. The van der Waals surface area contributed by atoms with Gasteiger partial charge in [0.05, 0.1) is 16.9 Å². The fraction of sp³-hybridized carbons (Fsp3) is 0.208. The summed E-state index contributed by atoms with van der Waals surface area (Å²) in [6, 6.07) is 18.1. The van der Waals surface area contributed by atoms with E-state index >= 15 is 0 Å². The highest BCUT2D eigenvalue weighted by molar-refractivity contribution is 7.71. The molecular formula is C24H25N9S. The maximum Gasteiger partial charge on any atom is 0.207 e. The first-order valence-electron chi connectivity index (χ1n) is 11.0. The summed E-state index contributed by atoms with van der Waals surface area (Å²) in [5.41, 5.74) is 4.00. The molecule has 10 heteroatoms. The van der Waals surface area contributed by atoms with Crippen LogP contribution in [0.5, 0.6) is 0 Å². The van der Waals surface area contributed by atoms with Crippen LogP contribution in [0, 0.1) is 10.0 Å². The third kappa shape index (κ3) is 4.15. The Balaban J connectivity index is 1.55. The number of nitrogens with one attached hydrogen (secondary N) is 3. The number of anilines is 1. The fourth-order valence-corrected chi connectivity index (χ4v) is 4.27. The quantitative estimate of drug-likeness (QED) is 0.371. The Kier molecular flexibility index (Phi) is 5.81. The van der Waals surface area contributed by atoms with Gasteiger partial charge in [0.15, 0.2) is 0 Å². The molecule has 0 fully saturated rings. The van der Waals surface area contributed by atoms with Crippen molar-refractivity contribution in [3.63, 3.8) is 0 Å². The van der Waals surface area contributed by atoms with E-state index in [1.54, 1.807) is 11.0 Å². The molecule has 1 aliphatic rings. The van der Waals surface area contributed by atoms with Gasteiger partial charge in [0.25, 0.3) is 0 Å². The van der Waals surface area contributed by atoms with E-state index in [-0.39, 0.29) is 6.04 Å². The molecule has 1 aliphatic heterocycles. The molecule has 0 spiro atoms. The highest BCUT2D eigenvalue weighted by Gasteiger charge is 2.16. The van der Waals surface area contributed by atoms with Crippen molar-refractivity contribution in [3.8, 4) is 5.69 Å². The Morgan fingerprint density at radius 1 is 1.15 bits per heavy atom. The fourth-order valence-electron chi connectivity index (χ4n) is 3.99. The summed E-state index contributed by atoms with van der Waals surface area (Å²) in [5.74, 6) is 0.687. The van der Waals surface area contributed by atoms with Gasteiger partial charge >= 0.3 is 0 Å². The number of benzene rings is 2. The zero-order chi connectivity index (χ0) is 23.7. The van der Waals surface area contributed by atoms with Crippen molar-refractivity contribution in [1.29, 1.82) is 5.41 Å². The van der Waals surface area contributed by atoms with E-state index in [0.29, 0.717) is 34.3 Å². The molecule has 4 aromatic rings. The lowest BCUT2D eigenvalue weighted by molar-refractivity contribution is 0.587. The molecule has 0 bridgehead atoms. The highest BCUT2D eigenvalue weighted by atomic mass is 32.1. The summed E-state index contributed by atoms with van der Waals surface area (Å²) in [6.45, 7) is 3.25. The number of rotatable bonds is 6. The van der Waals surface area contributed by atoms with Crippen LogP contribution in [-0.2, 0) is 20.1 Å². The Bertz CT molecular complexity index is 1550. The second kappa shape index (κ2) is 9.06. The van der Waals surface area contributed by atoms with E-state index < -0.39 is 0 Å². The molecule has 172 valence electrons. The van der Waals surface area contributed by atoms with Crippen molar-refractivity contribution in [2.45, 2.75) is 26.1 Å². The lowest BCUT2D eigenvalue weighted by Crippen LogP contribution is -2.49. The maximum atomic E-state index is 8.95. The molecule has 34 heavy (non-hydrogen) atoms. The molecule has 0 saturated heterocycles. The van der Waals surface area contributed by atoms with E-state index in [9.17, 15) is 0 Å². The largest absolute Gasteiger partial charge is 0.367 e. The minimum absolute atomic E-state index is 0.113. The third-order valence-corrected chi connectivity index (χ3v) is 6.21. The van der Waals surface area contributed by atoms with Crippen LogP contribution in [0.1, 0.15) is 12.5 Å². The molecule has 5 rings (SSSR count). The van der Waals surface area contributed by atoms with Gasteiger partial charge in [0.1, 0.15) is 28.6 Å². The van der Waals surface area contributed by atoms with Crippen LogP contribution in [0.15, 0.2) is 72.2 Å². The Morgan fingerprint density at radius 2 is 1.91 bits per heavy atom. The predicted octanol–water partition coefficient (Wildman–Crippen LogP) is 1.61. The van der Waals surface area contributed by atoms with Crippen LogP contribution in [-0.4, -0.2) is 29.9 Å². The smallest absolute Gasteiger partial charge is 0.207 e. The summed E-state index contributed by atoms with van der Waals surface area (Å²) >= 11 is 5.80. The molecular weight excluding hydrogens is 446 g/mol. The first-order valence-corrected chi connectivity index (χ1v) is 11.4. The molecule has 0 radical (unpaired) electrons. The average Bonchev–Trinajstić information content (AvgIpc) is 3.52. The van der Waals surface area contributed by atoms with Crippen molar-refractivity contribution in [2.75, 3.05) is 5.32 Å². The molecule has 2 aromatic carbocycles. The second-order valence-electron chi connectivity index (χ2n) is 8.20. The van der Waals surface area contributed by atoms with Gasteiger partial charge in [-0.3, -0.25) is 9.98 Å². The Hall–Kier alpha value is -4.05. The summed E-state index contributed by atoms with van der Waals surface area (Å²) in [7, 11) is 1.90. The second-order valence-corrected chi connectivity index (χ2v) is 8.59. The summed E-state index contributed by atoms with van der Waals surface area (Å²) < 4.78 is 6.07. The van der Waals surface area contributed by atoms with E-state index in [4.69, 9.17) is 17.6 Å². The van der Waals surface area contributed by atoms with Gasteiger partial charge < -0.3 is 15.2 Å². The molecule has 0 amide bonds. The SMILES string of the molecule is CC1Cn2c(=N)c(=C(NCc3ccc(-n4cncn4)cc3)Nc3ccccc3)c(=S)n(C)c2=N1.